The number of methoxy groups -OCH3 is 1. The molecule has 0 spiro atoms. The maximum Gasteiger partial charge on any atom is 0.123 e. The molecule has 2 aromatic carbocycles. The van der Waals surface area contributed by atoms with E-state index in [2.05, 4.69) is 12.1 Å². The van der Waals surface area contributed by atoms with Crippen molar-refractivity contribution >= 4 is 0 Å². The Hall–Kier alpha value is -2.00. The van der Waals surface area contributed by atoms with Crippen molar-refractivity contribution in [3.8, 4) is 11.5 Å². The second kappa shape index (κ2) is 6.96. The molecular weight excluding hydrogens is 250 g/mol. The number of ether oxygens (including phenoxy) is 2. The van der Waals surface area contributed by atoms with Crippen LogP contribution in [0.1, 0.15) is 18.1 Å². The average molecular weight is 271 g/mol. The van der Waals surface area contributed by atoms with Crippen molar-refractivity contribution < 1.29 is 9.47 Å². The molecule has 1 atom stereocenters. The topological polar surface area (TPSA) is 44.5 Å². The van der Waals surface area contributed by atoms with E-state index in [-0.39, 0.29) is 6.04 Å². The van der Waals surface area contributed by atoms with Gasteiger partial charge in [0.25, 0.3) is 0 Å². The van der Waals surface area contributed by atoms with Crippen LogP contribution in [0.3, 0.4) is 0 Å². The summed E-state index contributed by atoms with van der Waals surface area (Å²) in [6, 6.07) is 16.0. The lowest BCUT2D eigenvalue weighted by atomic mass is 10.1. The Kier molecular flexibility index (Phi) is 5.02. The molecule has 3 nitrogen and oxygen atoms in total. The number of hydrogen-bond acceptors (Lipinski definition) is 3. The van der Waals surface area contributed by atoms with Gasteiger partial charge < -0.3 is 15.2 Å². The Morgan fingerprint density at radius 2 is 1.85 bits per heavy atom. The summed E-state index contributed by atoms with van der Waals surface area (Å²) in [4.78, 5) is 0. The van der Waals surface area contributed by atoms with Gasteiger partial charge in [-0.15, -0.1) is 0 Å². The van der Waals surface area contributed by atoms with Crippen LogP contribution in [-0.4, -0.2) is 13.2 Å². The highest BCUT2D eigenvalue weighted by Crippen LogP contribution is 2.26. The van der Waals surface area contributed by atoms with Crippen molar-refractivity contribution in [3.05, 3.63) is 59.7 Å². The Bertz CT molecular complexity index is 538. The normalized spacial score (nSPS) is 11.9. The molecule has 106 valence electrons. The lowest BCUT2D eigenvalue weighted by molar-refractivity contribution is 0.301. The first-order valence-corrected chi connectivity index (χ1v) is 6.78. The molecule has 0 saturated heterocycles. The van der Waals surface area contributed by atoms with E-state index >= 15 is 0 Å². The lowest BCUT2D eigenvalue weighted by Crippen LogP contribution is -2.18. The van der Waals surface area contributed by atoms with Crippen LogP contribution in [0.15, 0.2) is 48.5 Å². The van der Waals surface area contributed by atoms with Crippen molar-refractivity contribution in [2.45, 2.75) is 26.0 Å². The summed E-state index contributed by atoms with van der Waals surface area (Å²) in [6.45, 7) is 2.54. The SMILES string of the molecule is COc1ccc(OCc2ccccc2)c(C[C@H](C)N)c1. The van der Waals surface area contributed by atoms with Crippen LogP contribution in [0.2, 0.25) is 0 Å². The Balaban J connectivity index is 2.13. The molecule has 0 bridgehead atoms. The molecule has 0 fully saturated rings. The van der Waals surface area contributed by atoms with Crippen molar-refractivity contribution in [2.75, 3.05) is 7.11 Å². The van der Waals surface area contributed by atoms with Crippen molar-refractivity contribution in [3.63, 3.8) is 0 Å². The Morgan fingerprint density at radius 1 is 1.10 bits per heavy atom. The van der Waals surface area contributed by atoms with Gasteiger partial charge in [-0.2, -0.15) is 0 Å². The molecule has 0 radical (unpaired) electrons. The predicted octanol–water partition coefficient (Wildman–Crippen LogP) is 3.16. The summed E-state index contributed by atoms with van der Waals surface area (Å²) in [5.74, 6) is 1.69. The van der Waals surface area contributed by atoms with Gasteiger partial charge in [-0.05, 0) is 42.7 Å². The summed E-state index contributed by atoms with van der Waals surface area (Å²) in [5.41, 5.74) is 8.12. The van der Waals surface area contributed by atoms with Gasteiger partial charge in [-0.1, -0.05) is 30.3 Å². The van der Waals surface area contributed by atoms with Gasteiger partial charge in [-0.25, -0.2) is 0 Å². The molecule has 0 aliphatic carbocycles. The van der Waals surface area contributed by atoms with Crippen molar-refractivity contribution in [1.29, 1.82) is 0 Å². The van der Waals surface area contributed by atoms with Gasteiger partial charge in [0.2, 0.25) is 0 Å². The molecule has 0 saturated carbocycles. The van der Waals surface area contributed by atoms with Crippen LogP contribution in [0.25, 0.3) is 0 Å². The Morgan fingerprint density at radius 3 is 2.50 bits per heavy atom. The number of hydrogen-bond donors (Lipinski definition) is 1. The first-order valence-electron chi connectivity index (χ1n) is 6.78. The lowest BCUT2D eigenvalue weighted by Gasteiger charge is -2.14. The second-order valence-electron chi connectivity index (χ2n) is 4.93. The monoisotopic (exact) mass is 271 g/mol. The highest BCUT2D eigenvalue weighted by atomic mass is 16.5. The van der Waals surface area contributed by atoms with Crippen LogP contribution >= 0.6 is 0 Å². The van der Waals surface area contributed by atoms with E-state index < -0.39 is 0 Å². The van der Waals surface area contributed by atoms with Crippen LogP contribution < -0.4 is 15.2 Å². The predicted molar refractivity (Wildman–Crippen MR) is 81.1 cm³/mol. The molecule has 0 aliphatic heterocycles. The molecule has 20 heavy (non-hydrogen) atoms. The van der Waals surface area contributed by atoms with E-state index in [0.29, 0.717) is 6.61 Å². The van der Waals surface area contributed by atoms with Crippen LogP contribution in [0.4, 0.5) is 0 Å². The zero-order valence-electron chi connectivity index (χ0n) is 12.0. The third-order valence-electron chi connectivity index (χ3n) is 3.05. The van der Waals surface area contributed by atoms with Crippen LogP contribution in [0, 0.1) is 0 Å². The van der Waals surface area contributed by atoms with Gasteiger partial charge in [-0.3, -0.25) is 0 Å². The average Bonchev–Trinajstić information content (AvgIpc) is 2.46. The third-order valence-corrected chi connectivity index (χ3v) is 3.05. The number of rotatable bonds is 6. The molecule has 0 aliphatic rings. The molecule has 0 aromatic heterocycles. The van der Waals surface area contributed by atoms with Crippen molar-refractivity contribution in [1.82, 2.24) is 0 Å². The molecule has 2 N–H and O–H groups in total. The fraction of sp³-hybridized carbons (Fsp3) is 0.294. The molecule has 2 rings (SSSR count). The van der Waals surface area contributed by atoms with E-state index in [4.69, 9.17) is 15.2 Å². The highest BCUT2D eigenvalue weighted by molar-refractivity contribution is 5.41. The minimum Gasteiger partial charge on any atom is -0.497 e. The Labute approximate surface area is 120 Å². The summed E-state index contributed by atoms with van der Waals surface area (Å²) in [6.07, 6.45) is 0.765. The second-order valence-corrected chi connectivity index (χ2v) is 4.93. The maximum absolute atomic E-state index is 5.91. The number of nitrogens with two attached hydrogens (primary N) is 1. The zero-order chi connectivity index (χ0) is 14.4. The summed E-state index contributed by atoms with van der Waals surface area (Å²) in [7, 11) is 1.66. The standard InChI is InChI=1S/C17H21NO2/c1-13(18)10-15-11-16(19-2)8-9-17(15)20-12-14-6-4-3-5-7-14/h3-9,11,13H,10,12,18H2,1-2H3/t13-/m0/s1. The molecule has 2 aromatic rings. The zero-order valence-corrected chi connectivity index (χ0v) is 12.0. The maximum atomic E-state index is 5.91. The molecule has 3 heteroatoms. The molecule has 0 unspecified atom stereocenters. The van der Waals surface area contributed by atoms with Gasteiger partial charge in [0, 0.05) is 6.04 Å². The van der Waals surface area contributed by atoms with E-state index in [0.717, 1.165) is 29.0 Å². The van der Waals surface area contributed by atoms with E-state index in [9.17, 15) is 0 Å². The number of benzene rings is 2. The summed E-state index contributed by atoms with van der Waals surface area (Å²) in [5, 5.41) is 0. The largest absolute Gasteiger partial charge is 0.497 e. The molecule has 0 amide bonds. The van der Waals surface area contributed by atoms with E-state index in [1.807, 2.05) is 43.3 Å². The molecular formula is C17H21NO2. The fourth-order valence-corrected chi connectivity index (χ4v) is 2.07. The van der Waals surface area contributed by atoms with Crippen LogP contribution in [-0.2, 0) is 13.0 Å². The van der Waals surface area contributed by atoms with Gasteiger partial charge in [0.05, 0.1) is 7.11 Å². The van der Waals surface area contributed by atoms with Gasteiger partial charge in [0.15, 0.2) is 0 Å². The fourth-order valence-electron chi connectivity index (χ4n) is 2.07. The van der Waals surface area contributed by atoms with E-state index in [1.165, 1.54) is 0 Å². The minimum absolute atomic E-state index is 0.0844. The van der Waals surface area contributed by atoms with Crippen LogP contribution in [0.5, 0.6) is 11.5 Å². The highest BCUT2D eigenvalue weighted by Gasteiger charge is 2.08. The van der Waals surface area contributed by atoms with E-state index in [1.54, 1.807) is 7.11 Å². The summed E-state index contributed by atoms with van der Waals surface area (Å²) >= 11 is 0. The van der Waals surface area contributed by atoms with Gasteiger partial charge >= 0.3 is 0 Å². The summed E-state index contributed by atoms with van der Waals surface area (Å²) < 4.78 is 11.2. The smallest absolute Gasteiger partial charge is 0.123 e. The van der Waals surface area contributed by atoms with Crippen molar-refractivity contribution in [2.24, 2.45) is 5.73 Å². The minimum atomic E-state index is 0.0844. The first kappa shape index (κ1) is 14.4. The third kappa shape index (κ3) is 4.00. The quantitative estimate of drug-likeness (QED) is 0.877. The molecule has 0 heterocycles. The van der Waals surface area contributed by atoms with Gasteiger partial charge in [0.1, 0.15) is 18.1 Å². The first-order chi connectivity index (χ1) is 9.69.